The number of hydrogen-bond acceptors (Lipinski definition) is 2. The van der Waals surface area contributed by atoms with E-state index in [1.165, 1.54) is 19.3 Å². The second-order valence-electron chi connectivity index (χ2n) is 6.84. The first-order valence-electron chi connectivity index (χ1n) is 7.40. The average molecular weight is 252 g/mol. The van der Waals surface area contributed by atoms with Crippen LogP contribution >= 0.6 is 0 Å². The summed E-state index contributed by atoms with van der Waals surface area (Å²) in [5, 5.41) is 6.86. The second kappa shape index (κ2) is 4.84. The first-order chi connectivity index (χ1) is 8.42. The molecule has 2 N–H and O–H groups in total. The van der Waals surface area contributed by atoms with Crippen LogP contribution in [0.15, 0.2) is 0 Å². The smallest absolute Gasteiger partial charge is 0.217 e. The zero-order chi connectivity index (χ0) is 13.4. The van der Waals surface area contributed by atoms with Crippen molar-refractivity contribution in [2.45, 2.75) is 70.4 Å². The fourth-order valence-corrected chi connectivity index (χ4v) is 4.77. The Kier molecular flexibility index (Phi) is 3.72. The molecule has 4 atom stereocenters. The predicted octanol–water partition coefficient (Wildman–Crippen LogP) is 2.46. The standard InChI is InChI=1S/C15H28N2O/c1-5-14(16-4)8-13-6-11(2)7-15(9-13,10-14)17-12(3)18/h11,13,16H,5-10H2,1-4H3,(H,17,18). The molecule has 2 aliphatic carbocycles. The van der Waals surface area contributed by atoms with E-state index >= 15 is 0 Å². The van der Waals surface area contributed by atoms with E-state index in [4.69, 9.17) is 0 Å². The first kappa shape index (κ1) is 13.9. The number of hydrogen-bond donors (Lipinski definition) is 2. The van der Waals surface area contributed by atoms with Gasteiger partial charge >= 0.3 is 0 Å². The molecule has 2 aliphatic rings. The van der Waals surface area contributed by atoms with Crippen LogP contribution in [0.4, 0.5) is 0 Å². The maximum Gasteiger partial charge on any atom is 0.217 e. The summed E-state index contributed by atoms with van der Waals surface area (Å²) in [5.74, 6) is 1.63. The largest absolute Gasteiger partial charge is 0.351 e. The first-order valence-corrected chi connectivity index (χ1v) is 7.40. The van der Waals surface area contributed by atoms with Crippen LogP contribution in [-0.4, -0.2) is 24.0 Å². The molecule has 3 heteroatoms. The summed E-state index contributed by atoms with van der Waals surface area (Å²) in [6.45, 7) is 6.26. The predicted molar refractivity (Wildman–Crippen MR) is 74.4 cm³/mol. The molecule has 0 saturated heterocycles. The van der Waals surface area contributed by atoms with Gasteiger partial charge in [0.25, 0.3) is 0 Å². The van der Waals surface area contributed by atoms with Crippen LogP contribution < -0.4 is 10.6 Å². The Morgan fingerprint density at radius 3 is 2.61 bits per heavy atom. The normalized spacial score (nSPS) is 43.6. The zero-order valence-corrected chi connectivity index (χ0v) is 12.3. The molecular weight excluding hydrogens is 224 g/mol. The van der Waals surface area contributed by atoms with Crippen molar-refractivity contribution in [1.29, 1.82) is 0 Å². The Morgan fingerprint density at radius 1 is 1.33 bits per heavy atom. The Hall–Kier alpha value is -0.570. The third kappa shape index (κ3) is 2.56. The van der Waals surface area contributed by atoms with Crippen molar-refractivity contribution in [2.75, 3.05) is 7.05 Å². The fourth-order valence-electron chi connectivity index (χ4n) is 4.77. The molecule has 0 aromatic rings. The topological polar surface area (TPSA) is 41.1 Å². The lowest BCUT2D eigenvalue weighted by Gasteiger charge is -2.55. The maximum absolute atomic E-state index is 11.6. The summed E-state index contributed by atoms with van der Waals surface area (Å²) in [6, 6.07) is 0. The molecule has 2 rings (SSSR count). The van der Waals surface area contributed by atoms with Gasteiger partial charge in [0.1, 0.15) is 0 Å². The van der Waals surface area contributed by atoms with E-state index in [1.807, 2.05) is 0 Å². The van der Waals surface area contributed by atoms with Gasteiger partial charge in [-0.25, -0.2) is 0 Å². The van der Waals surface area contributed by atoms with Gasteiger partial charge in [-0.2, -0.15) is 0 Å². The van der Waals surface area contributed by atoms with Crippen LogP contribution in [0.3, 0.4) is 0 Å². The van der Waals surface area contributed by atoms with Crippen molar-refractivity contribution in [3.05, 3.63) is 0 Å². The Balaban J connectivity index is 2.25. The molecule has 3 nitrogen and oxygen atoms in total. The van der Waals surface area contributed by atoms with Gasteiger partial charge in [-0.15, -0.1) is 0 Å². The van der Waals surface area contributed by atoms with E-state index < -0.39 is 0 Å². The van der Waals surface area contributed by atoms with Crippen molar-refractivity contribution in [2.24, 2.45) is 11.8 Å². The quantitative estimate of drug-likeness (QED) is 0.810. The zero-order valence-electron chi connectivity index (χ0n) is 12.3. The van der Waals surface area contributed by atoms with Crippen LogP contribution in [0.5, 0.6) is 0 Å². The van der Waals surface area contributed by atoms with Crippen molar-refractivity contribution >= 4 is 5.91 Å². The third-order valence-corrected chi connectivity index (χ3v) is 5.16. The van der Waals surface area contributed by atoms with Crippen LogP contribution in [0.1, 0.15) is 59.3 Å². The molecule has 0 aliphatic heterocycles. The summed E-state index contributed by atoms with van der Waals surface area (Å²) in [5.41, 5.74) is 0.275. The number of fused-ring (bicyclic) bond motifs is 2. The molecule has 18 heavy (non-hydrogen) atoms. The van der Waals surface area contributed by atoms with Gasteiger partial charge in [0, 0.05) is 18.0 Å². The van der Waals surface area contributed by atoms with Gasteiger partial charge in [-0.05, 0) is 57.4 Å². The van der Waals surface area contributed by atoms with Crippen molar-refractivity contribution in [3.8, 4) is 0 Å². The van der Waals surface area contributed by atoms with Gasteiger partial charge in [0.15, 0.2) is 0 Å². The summed E-state index contributed by atoms with van der Waals surface area (Å²) in [4.78, 5) is 11.6. The molecule has 0 radical (unpaired) electrons. The minimum absolute atomic E-state index is 0.0471. The van der Waals surface area contributed by atoms with Gasteiger partial charge in [0.2, 0.25) is 5.91 Å². The summed E-state index contributed by atoms with van der Waals surface area (Å²) < 4.78 is 0. The van der Waals surface area contributed by atoms with E-state index in [0.717, 1.165) is 31.1 Å². The highest BCUT2D eigenvalue weighted by Crippen LogP contribution is 2.49. The van der Waals surface area contributed by atoms with E-state index in [2.05, 4.69) is 31.5 Å². The van der Waals surface area contributed by atoms with E-state index in [0.29, 0.717) is 0 Å². The highest BCUT2D eigenvalue weighted by atomic mass is 16.1. The lowest BCUT2D eigenvalue weighted by Crippen LogP contribution is -2.63. The molecule has 0 aromatic carbocycles. The van der Waals surface area contributed by atoms with Crippen molar-refractivity contribution < 1.29 is 4.79 Å². The SMILES string of the molecule is CCC1(NC)CC2CC(C)CC(NC(C)=O)(C2)C1. The molecule has 2 bridgehead atoms. The maximum atomic E-state index is 11.6. The lowest BCUT2D eigenvalue weighted by atomic mass is 9.57. The molecule has 104 valence electrons. The highest BCUT2D eigenvalue weighted by Gasteiger charge is 2.50. The molecule has 2 saturated carbocycles. The van der Waals surface area contributed by atoms with E-state index in [1.54, 1.807) is 6.92 Å². The van der Waals surface area contributed by atoms with Crippen molar-refractivity contribution in [3.63, 3.8) is 0 Å². The second-order valence-corrected chi connectivity index (χ2v) is 6.84. The lowest BCUT2D eigenvalue weighted by molar-refractivity contribution is -0.123. The molecular formula is C15H28N2O. The van der Waals surface area contributed by atoms with E-state index in [-0.39, 0.29) is 17.0 Å². The van der Waals surface area contributed by atoms with E-state index in [9.17, 15) is 4.79 Å². The number of carbonyl (C=O) groups is 1. The summed E-state index contributed by atoms with van der Waals surface area (Å²) in [6.07, 6.45) is 7.16. The molecule has 0 aromatic heterocycles. The number of amides is 1. The molecule has 4 unspecified atom stereocenters. The Bertz CT molecular complexity index is 320. The molecule has 0 spiro atoms. The number of nitrogens with one attached hydrogen (secondary N) is 2. The number of carbonyl (C=O) groups excluding carboxylic acids is 1. The summed E-state index contributed by atoms with van der Waals surface area (Å²) >= 11 is 0. The van der Waals surface area contributed by atoms with Crippen LogP contribution in [0.2, 0.25) is 0 Å². The number of rotatable bonds is 3. The van der Waals surface area contributed by atoms with Gasteiger partial charge in [0.05, 0.1) is 0 Å². The van der Waals surface area contributed by atoms with Crippen molar-refractivity contribution in [1.82, 2.24) is 10.6 Å². The molecule has 0 heterocycles. The Labute approximate surface area is 111 Å². The fraction of sp³-hybridized carbons (Fsp3) is 0.933. The van der Waals surface area contributed by atoms with Crippen LogP contribution in [0.25, 0.3) is 0 Å². The van der Waals surface area contributed by atoms with Gasteiger partial charge < -0.3 is 10.6 Å². The minimum Gasteiger partial charge on any atom is -0.351 e. The van der Waals surface area contributed by atoms with Crippen LogP contribution in [0, 0.1) is 11.8 Å². The van der Waals surface area contributed by atoms with Gasteiger partial charge in [-0.3, -0.25) is 4.79 Å². The molecule has 1 amide bonds. The highest BCUT2D eigenvalue weighted by molar-refractivity contribution is 5.74. The van der Waals surface area contributed by atoms with Gasteiger partial charge in [-0.1, -0.05) is 13.8 Å². The average Bonchev–Trinajstić information content (AvgIpc) is 2.25. The monoisotopic (exact) mass is 252 g/mol. The minimum atomic E-state index is 0.0471. The molecule has 2 fully saturated rings. The van der Waals surface area contributed by atoms with Crippen LogP contribution in [-0.2, 0) is 4.79 Å². The Morgan fingerprint density at radius 2 is 2.06 bits per heavy atom. The third-order valence-electron chi connectivity index (χ3n) is 5.16. The summed E-state index contributed by atoms with van der Waals surface area (Å²) in [7, 11) is 2.08.